The fraction of sp³-hybridized carbons (Fsp3) is 0.750. The van der Waals surface area contributed by atoms with Crippen molar-refractivity contribution in [2.75, 3.05) is 13.2 Å². The zero-order valence-corrected chi connectivity index (χ0v) is 49.4. The van der Waals surface area contributed by atoms with E-state index in [0.29, 0.717) is 6.42 Å². The van der Waals surface area contributed by atoms with Gasteiger partial charge in [-0.25, -0.2) is 0 Å². The molecule has 7 atom stereocenters. The topological polar surface area (TPSA) is 149 Å². The minimum Gasteiger partial charge on any atom is -0.394 e. The number of unbranched alkanes of at least 4 members (excludes halogenated alkanes) is 30. The number of allylic oxidation sites excluding steroid dienone is 15. The van der Waals surface area contributed by atoms with Crippen LogP contribution in [0.5, 0.6) is 0 Å². The maximum atomic E-state index is 13.1. The second-order valence-corrected chi connectivity index (χ2v) is 21.8. The van der Waals surface area contributed by atoms with Crippen LogP contribution in [0.1, 0.15) is 271 Å². The summed E-state index contributed by atoms with van der Waals surface area (Å²) in [6.45, 7) is 3.67. The average molecular weight is 1080 g/mol. The predicted octanol–water partition coefficient (Wildman–Crippen LogP) is 16.7. The number of rotatable bonds is 54. The molecule has 1 aliphatic heterocycles. The molecule has 7 unspecified atom stereocenters. The van der Waals surface area contributed by atoms with Crippen molar-refractivity contribution < 1.29 is 39.8 Å². The summed E-state index contributed by atoms with van der Waals surface area (Å²) < 4.78 is 11.3. The summed E-state index contributed by atoms with van der Waals surface area (Å²) in [6.07, 6.45) is 74.9. The van der Waals surface area contributed by atoms with Crippen molar-refractivity contribution in [2.24, 2.45) is 0 Å². The van der Waals surface area contributed by atoms with Crippen LogP contribution in [0.15, 0.2) is 97.2 Å². The normalized spacial score (nSPS) is 19.4. The molecule has 6 N–H and O–H groups in total. The van der Waals surface area contributed by atoms with Gasteiger partial charge in [-0.05, 0) is 77.0 Å². The number of aliphatic hydroxyl groups is 5. The highest BCUT2D eigenvalue weighted by Crippen LogP contribution is 2.23. The maximum Gasteiger partial charge on any atom is 0.220 e. The summed E-state index contributed by atoms with van der Waals surface area (Å²) in [5.74, 6) is -0.177. The summed E-state index contributed by atoms with van der Waals surface area (Å²) in [6, 6.07) is -0.808. The van der Waals surface area contributed by atoms with E-state index in [4.69, 9.17) is 9.47 Å². The molecular formula is C68H119NO8. The van der Waals surface area contributed by atoms with E-state index in [-0.39, 0.29) is 12.5 Å². The highest BCUT2D eigenvalue weighted by Gasteiger charge is 2.44. The first kappa shape index (κ1) is 72.1. The van der Waals surface area contributed by atoms with Crippen LogP contribution in [0.4, 0.5) is 0 Å². The van der Waals surface area contributed by atoms with Gasteiger partial charge in [-0.15, -0.1) is 0 Å². The zero-order valence-electron chi connectivity index (χ0n) is 49.4. The number of carbonyl (C=O) groups excluding carboxylic acids is 1. The average Bonchev–Trinajstić information content (AvgIpc) is 3.43. The van der Waals surface area contributed by atoms with Gasteiger partial charge in [-0.1, -0.05) is 284 Å². The van der Waals surface area contributed by atoms with Crippen LogP contribution in [0.3, 0.4) is 0 Å². The molecule has 77 heavy (non-hydrogen) atoms. The fourth-order valence-electron chi connectivity index (χ4n) is 9.67. The van der Waals surface area contributed by atoms with Gasteiger partial charge in [0.05, 0.1) is 25.4 Å². The maximum absolute atomic E-state index is 13.1. The molecule has 1 saturated heterocycles. The fourth-order valence-corrected chi connectivity index (χ4v) is 9.67. The second kappa shape index (κ2) is 56.4. The molecule has 0 aromatic rings. The van der Waals surface area contributed by atoms with Gasteiger partial charge < -0.3 is 40.3 Å². The molecule has 1 fully saturated rings. The Labute approximate surface area is 473 Å². The number of nitrogens with one attached hydrogen (secondary N) is 1. The number of hydrogen-bond donors (Lipinski definition) is 6. The molecule has 0 saturated carbocycles. The van der Waals surface area contributed by atoms with Crippen molar-refractivity contribution in [1.29, 1.82) is 0 Å². The van der Waals surface area contributed by atoms with Crippen LogP contribution >= 0.6 is 0 Å². The highest BCUT2D eigenvalue weighted by atomic mass is 16.7. The van der Waals surface area contributed by atoms with E-state index in [0.717, 1.165) is 83.5 Å². The first-order valence-corrected chi connectivity index (χ1v) is 32.0. The quantitative estimate of drug-likeness (QED) is 0.0261. The Morgan fingerprint density at radius 3 is 1.19 bits per heavy atom. The monoisotopic (exact) mass is 1080 g/mol. The van der Waals surface area contributed by atoms with Crippen LogP contribution in [0, 0.1) is 0 Å². The Balaban J connectivity index is 2.09. The third-order valence-corrected chi connectivity index (χ3v) is 14.7. The van der Waals surface area contributed by atoms with Gasteiger partial charge in [0.1, 0.15) is 24.4 Å². The molecule has 1 amide bonds. The van der Waals surface area contributed by atoms with Gasteiger partial charge in [0, 0.05) is 6.42 Å². The molecule has 1 rings (SSSR count). The van der Waals surface area contributed by atoms with Gasteiger partial charge in [0.15, 0.2) is 6.29 Å². The molecule has 0 bridgehead atoms. The Bertz CT molecular complexity index is 1530. The summed E-state index contributed by atoms with van der Waals surface area (Å²) in [4.78, 5) is 13.1. The van der Waals surface area contributed by atoms with Crippen molar-refractivity contribution in [3.05, 3.63) is 97.2 Å². The van der Waals surface area contributed by atoms with E-state index >= 15 is 0 Å². The SMILES string of the molecule is CC/C=C\C/C=C\C/C=C\C/C=C\C/C=C\C/C=C\C/C=C\CCCCCCCCCCCCCCCCCCCC(=O)NC(COC1OC(CO)C(O)C(O)C1O)C(O)/C=C/CCCCCCCCCCCCCCC. The van der Waals surface area contributed by atoms with E-state index in [9.17, 15) is 30.3 Å². The standard InChI is InChI=1S/C68H119NO8/c1-3-5-7-9-11-13-15-17-19-20-21-22-23-24-25-26-27-28-29-30-31-32-33-34-35-36-37-38-39-40-41-42-44-46-48-50-52-54-56-58-64(72)69-61(60-76-68-67(75)66(74)65(73)63(59-70)77-68)62(71)57-55-53-51-49-47-45-43-18-16-14-12-10-8-6-4-2/h5,7,11,13,17,19,21-22,24-25,27-28,30-31,55,57,61-63,65-68,70-71,73-75H,3-4,6,8-10,12,14-16,18,20,23,26,29,32-54,56,58-60H2,1-2H3,(H,69,72)/b7-5-,13-11-,19-17-,22-21-,25-24-,28-27-,31-30-,57-55+. The Morgan fingerprint density at radius 1 is 0.455 bits per heavy atom. The molecule has 9 nitrogen and oxygen atoms in total. The number of aliphatic hydroxyl groups excluding tert-OH is 5. The number of hydrogen-bond acceptors (Lipinski definition) is 8. The minimum absolute atomic E-state index is 0.177. The van der Waals surface area contributed by atoms with E-state index in [1.54, 1.807) is 6.08 Å². The van der Waals surface area contributed by atoms with Crippen LogP contribution < -0.4 is 5.32 Å². The van der Waals surface area contributed by atoms with Gasteiger partial charge in [-0.2, -0.15) is 0 Å². The molecule has 444 valence electrons. The molecule has 9 heteroatoms. The largest absolute Gasteiger partial charge is 0.394 e. The van der Waals surface area contributed by atoms with Crippen LogP contribution in [-0.4, -0.2) is 87.5 Å². The lowest BCUT2D eigenvalue weighted by atomic mass is 9.99. The van der Waals surface area contributed by atoms with Crippen molar-refractivity contribution in [1.82, 2.24) is 5.32 Å². The molecule has 0 radical (unpaired) electrons. The smallest absolute Gasteiger partial charge is 0.220 e. The van der Waals surface area contributed by atoms with Crippen LogP contribution in [-0.2, 0) is 14.3 Å². The van der Waals surface area contributed by atoms with Gasteiger partial charge >= 0.3 is 0 Å². The summed E-state index contributed by atoms with van der Waals surface area (Å²) >= 11 is 0. The second-order valence-electron chi connectivity index (χ2n) is 21.8. The molecule has 0 aromatic carbocycles. The Kier molecular flexibility index (Phi) is 52.8. The third kappa shape index (κ3) is 45.5. The molecule has 1 aliphatic rings. The van der Waals surface area contributed by atoms with E-state index in [1.807, 2.05) is 6.08 Å². The lowest BCUT2D eigenvalue weighted by Gasteiger charge is -2.40. The highest BCUT2D eigenvalue weighted by molar-refractivity contribution is 5.76. The molecule has 1 heterocycles. The molecule has 0 aliphatic carbocycles. The summed E-state index contributed by atoms with van der Waals surface area (Å²) in [5, 5.41) is 54.5. The number of ether oxygens (including phenoxy) is 2. The zero-order chi connectivity index (χ0) is 55.8. The Hall–Kier alpha value is -2.89. The molecule has 0 spiro atoms. The van der Waals surface area contributed by atoms with Crippen molar-refractivity contribution in [3.63, 3.8) is 0 Å². The third-order valence-electron chi connectivity index (χ3n) is 14.7. The van der Waals surface area contributed by atoms with Crippen LogP contribution in [0.25, 0.3) is 0 Å². The lowest BCUT2D eigenvalue weighted by molar-refractivity contribution is -0.302. The van der Waals surface area contributed by atoms with E-state index < -0.39 is 49.5 Å². The number of amides is 1. The van der Waals surface area contributed by atoms with Gasteiger partial charge in [0.2, 0.25) is 5.91 Å². The predicted molar refractivity (Wildman–Crippen MR) is 327 cm³/mol. The lowest BCUT2D eigenvalue weighted by Crippen LogP contribution is -2.60. The van der Waals surface area contributed by atoms with Crippen molar-refractivity contribution >= 4 is 5.91 Å². The Morgan fingerprint density at radius 2 is 0.805 bits per heavy atom. The van der Waals surface area contributed by atoms with Crippen molar-refractivity contribution in [2.45, 2.75) is 314 Å². The minimum atomic E-state index is -1.57. The molecular weight excluding hydrogens is 959 g/mol. The first-order valence-electron chi connectivity index (χ1n) is 32.0. The molecule has 0 aromatic heterocycles. The number of carbonyl (C=O) groups is 1. The summed E-state index contributed by atoms with van der Waals surface area (Å²) in [5.41, 5.74) is 0. The van der Waals surface area contributed by atoms with Gasteiger partial charge in [0.25, 0.3) is 0 Å². The van der Waals surface area contributed by atoms with Crippen LogP contribution in [0.2, 0.25) is 0 Å². The van der Waals surface area contributed by atoms with Crippen molar-refractivity contribution in [3.8, 4) is 0 Å². The van der Waals surface area contributed by atoms with E-state index in [2.05, 4.69) is 104 Å². The summed E-state index contributed by atoms with van der Waals surface area (Å²) in [7, 11) is 0. The first-order chi connectivity index (χ1) is 37.8. The van der Waals surface area contributed by atoms with Gasteiger partial charge in [-0.3, -0.25) is 4.79 Å². The van der Waals surface area contributed by atoms with E-state index in [1.165, 1.54) is 167 Å².